The number of rotatable bonds is 8. The van der Waals surface area contributed by atoms with Gasteiger partial charge in [0.05, 0.1) is 18.0 Å². The predicted octanol–water partition coefficient (Wildman–Crippen LogP) is 3.46. The fraction of sp³-hybridized carbons (Fsp3) is 0.522. The summed E-state index contributed by atoms with van der Waals surface area (Å²) < 4.78 is 35.9. The van der Waals surface area contributed by atoms with Gasteiger partial charge in [-0.25, -0.2) is 0 Å². The lowest BCUT2D eigenvalue weighted by atomic mass is 10.2. The molecule has 2 fully saturated rings. The van der Waals surface area contributed by atoms with Crippen LogP contribution in [0.15, 0.2) is 52.1 Å². The van der Waals surface area contributed by atoms with Crippen LogP contribution in [-0.4, -0.2) is 63.3 Å². The summed E-state index contributed by atoms with van der Waals surface area (Å²) in [6.45, 7) is 1.41. The minimum absolute atomic E-state index is 0.148. The van der Waals surface area contributed by atoms with Crippen LogP contribution in [0.25, 0.3) is 0 Å². The number of benzene rings is 1. The molecule has 2 atom stereocenters. The van der Waals surface area contributed by atoms with E-state index in [4.69, 9.17) is 9.15 Å². The Kier molecular flexibility index (Phi) is 7.47. The van der Waals surface area contributed by atoms with Crippen molar-refractivity contribution in [2.45, 2.75) is 38.0 Å². The summed E-state index contributed by atoms with van der Waals surface area (Å²) in [5.41, 5.74) is 0.687. The van der Waals surface area contributed by atoms with Crippen molar-refractivity contribution >= 4 is 11.6 Å². The molecule has 0 bridgehead atoms. The highest BCUT2D eigenvalue weighted by Crippen LogP contribution is 2.32. The van der Waals surface area contributed by atoms with Crippen molar-refractivity contribution in [3.8, 4) is 5.75 Å². The second kappa shape index (κ2) is 10.7. The van der Waals surface area contributed by atoms with Crippen LogP contribution in [0.3, 0.4) is 0 Å². The second-order valence-electron chi connectivity index (χ2n) is 8.15. The Labute approximate surface area is 187 Å². The molecule has 2 aromatic rings. The van der Waals surface area contributed by atoms with Crippen LogP contribution in [0.1, 0.15) is 31.1 Å². The average molecular weight is 448 g/mol. The third-order valence-electron chi connectivity index (χ3n) is 6.09. The summed E-state index contributed by atoms with van der Waals surface area (Å²) in [7, 11) is 1.76. The Hall–Kier alpha value is -2.81. The zero-order valence-corrected chi connectivity index (χ0v) is 18.3. The standard InChI is InChI=1S/C23H31F2N5O2/c1-26-23(27-15-19(20-9-6-14-31-20)29-11-4-5-12-29)28-17-10-13-30(16-17)18-7-2-3-8-21(18)32-22(24)25/h2-3,6-9,14,17,19,22H,4-5,10-13,15-16H2,1H3,(H2,26,27,28). The number of anilines is 1. The average Bonchev–Trinajstić information content (AvgIpc) is 3.56. The van der Waals surface area contributed by atoms with E-state index < -0.39 is 6.61 Å². The number of nitrogens with one attached hydrogen (secondary N) is 2. The van der Waals surface area contributed by atoms with E-state index in [0.717, 1.165) is 37.8 Å². The van der Waals surface area contributed by atoms with E-state index in [2.05, 4.69) is 25.4 Å². The normalized spacial score (nSPS) is 20.7. The molecule has 0 aliphatic carbocycles. The number of para-hydroxylation sites is 2. The van der Waals surface area contributed by atoms with Crippen LogP contribution in [0.4, 0.5) is 14.5 Å². The van der Waals surface area contributed by atoms with Crippen molar-refractivity contribution < 1.29 is 17.9 Å². The van der Waals surface area contributed by atoms with Crippen molar-refractivity contribution in [1.82, 2.24) is 15.5 Å². The van der Waals surface area contributed by atoms with E-state index in [9.17, 15) is 8.78 Å². The fourth-order valence-corrected chi connectivity index (χ4v) is 4.54. The van der Waals surface area contributed by atoms with E-state index in [1.165, 1.54) is 12.8 Å². The maximum Gasteiger partial charge on any atom is 0.387 e. The van der Waals surface area contributed by atoms with Crippen LogP contribution in [-0.2, 0) is 0 Å². The molecule has 1 aromatic heterocycles. The number of alkyl halides is 2. The third-order valence-corrected chi connectivity index (χ3v) is 6.09. The molecule has 32 heavy (non-hydrogen) atoms. The third kappa shape index (κ3) is 5.51. The van der Waals surface area contributed by atoms with E-state index in [1.54, 1.807) is 25.4 Å². The molecule has 9 heteroatoms. The number of nitrogens with zero attached hydrogens (tertiary/aromatic N) is 3. The van der Waals surface area contributed by atoms with Crippen LogP contribution in [0, 0.1) is 0 Å². The van der Waals surface area contributed by atoms with Gasteiger partial charge < -0.3 is 24.7 Å². The zero-order valence-electron chi connectivity index (χ0n) is 18.3. The monoisotopic (exact) mass is 447 g/mol. The number of ether oxygens (including phenoxy) is 1. The van der Waals surface area contributed by atoms with Gasteiger partial charge in [-0.15, -0.1) is 0 Å². The smallest absolute Gasteiger partial charge is 0.387 e. The zero-order chi connectivity index (χ0) is 22.3. The molecule has 2 aliphatic rings. The van der Waals surface area contributed by atoms with Gasteiger partial charge in [0.2, 0.25) is 0 Å². The summed E-state index contributed by atoms with van der Waals surface area (Å²) in [5.74, 6) is 1.89. The summed E-state index contributed by atoms with van der Waals surface area (Å²) in [5, 5.41) is 6.92. The number of likely N-dealkylation sites (tertiary alicyclic amines) is 1. The van der Waals surface area contributed by atoms with Crippen molar-refractivity contribution in [3.05, 3.63) is 48.4 Å². The molecule has 2 N–H and O–H groups in total. The van der Waals surface area contributed by atoms with Crippen LogP contribution >= 0.6 is 0 Å². The maximum absolute atomic E-state index is 12.8. The van der Waals surface area contributed by atoms with Crippen LogP contribution < -0.4 is 20.3 Å². The fourth-order valence-electron chi connectivity index (χ4n) is 4.54. The highest BCUT2D eigenvalue weighted by Gasteiger charge is 2.28. The SMILES string of the molecule is CN=C(NCC(c1ccco1)N1CCCC1)NC1CCN(c2ccccc2OC(F)F)C1. The summed E-state index contributed by atoms with van der Waals surface area (Å²) in [4.78, 5) is 8.90. The number of guanidine groups is 1. The minimum atomic E-state index is -2.84. The highest BCUT2D eigenvalue weighted by atomic mass is 19.3. The Balaban J connectivity index is 1.34. The number of furan rings is 1. The lowest BCUT2D eigenvalue weighted by Crippen LogP contribution is -2.47. The molecule has 4 rings (SSSR count). The molecular weight excluding hydrogens is 416 g/mol. The molecule has 2 aliphatic heterocycles. The Morgan fingerprint density at radius 1 is 1.19 bits per heavy atom. The van der Waals surface area contributed by atoms with E-state index in [1.807, 2.05) is 24.3 Å². The quantitative estimate of drug-likeness (QED) is 0.477. The summed E-state index contributed by atoms with van der Waals surface area (Å²) in [6.07, 6.45) is 5.00. The van der Waals surface area contributed by atoms with E-state index in [-0.39, 0.29) is 17.8 Å². The van der Waals surface area contributed by atoms with Gasteiger partial charge in [0.1, 0.15) is 11.5 Å². The first kappa shape index (κ1) is 22.4. The molecule has 174 valence electrons. The molecule has 0 amide bonds. The highest BCUT2D eigenvalue weighted by molar-refractivity contribution is 5.80. The number of aliphatic imine (C=N–C) groups is 1. The van der Waals surface area contributed by atoms with E-state index >= 15 is 0 Å². The van der Waals surface area contributed by atoms with Gasteiger partial charge in [0.15, 0.2) is 5.96 Å². The Morgan fingerprint density at radius 3 is 2.72 bits per heavy atom. The van der Waals surface area contributed by atoms with Crippen molar-refractivity contribution in [2.24, 2.45) is 4.99 Å². The Morgan fingerprint density at radius 2 is 2.00 bits per heavy atom. The van der Waals surface area contributed by atoms with Gasteiger partial charge in [0.25, 0.3) is 0 Å². The number of hydrogen-bond acceptors (Lipinski definition) is 5. The van der Waals surface area contributed by atoms with Gasteiger partial charge >= 0.3 is 6.61 Å². The molecule has 7 nitrogen and oxygen atoms in total. The molecule has 2 saturated heterocycles. The van der Waals surface area contributed by atoms with Crippen molar-refractivity contribution in [3.63, 3.8) is 0 Å². The first-order valence-electron chi connectivity index (χ1n) is 11.2. The van der Waals surface area contributed by atoms with Gasteiger partial charge in [-0.2, -0.15) is 8.78 Å². The van der Waals surface area contributed by atoms with Gasteiger partial charge in [-0.3, -0.25) is 9.89 Å². The van der Waals surface area contributed by atoms with Crippen molar-refractivity contribution in [1.29, 1.82) is 0 Å². The molecule has 2 unspecified atom stereocenters. The Bertz CT molecular complexity index is 871. The largest absolute Gasteiger partial charge is 0.468 e. The molecule has 0 radical (unpaired) electrons. The van der Waals surface area contributed by atoms with Gasteiger partial charge in [0, 0.05) is 32.7 Å². The van der Waals surface area contributed by atoms with Gasteiger partial charge in [-0.05, 0) is 56.6 Å². The summed E-state index contributed by atoms with van der Waals surface area (Å²) >= 11 is 0. The van der Waals surface area contributed by atoms with Crippen molar-refractivity contribution in [2.75, 3.05) is 44.7 Å². The topological polar surface area (TPSA) is 65.3 Å². The first-order valence-corrected chi connectivity index (χ1v) is 11.2. The molecule has 0 spiro atoms. The maximum atomic E-state index is 12.8. The predicted molar refractivity (Wildman–Crippen MR) is 120 cm³/mol. The second-order valence-corrected chi connectivity index (χ2v) is 8.15. The lowest BCUT2D eigenvalue weighted by molar-refractivity contribution is -0.0495. The molecular formula is C23H31F2N5O2. The van der Waals surface area contributed by atoms with Gasteiger partial charge in [-0.1, -0.05) is 12.1 Å². The molecule has 3 heterocycles. The first-order chi connectivity index (χ1) is 15.6. The summed E-state index contributed by atoms with van der Waals surface area (Å²) in [6, 6.07) is 11.2. The van der Waals surface area contributed by atoms with E-state index in [0.29, 0.717) is 18.8 Å². The van der Waals surface area contributed by atoms with Crippen LogP contribution in [0.5, 0.6) is 5.75 Å². The number of hydrogen-bond donors (Lipinski definition) is 2. The number of halogens is 2. The molecule has 0 saturated carbocycles. The minimum Gasteiger partial charge on any atom is -0.468 e. The molecule has 1 aromatic carbocycles. The lowest BCUT2D eigenvalue weighted by Gasteiger charge is -2.27. The van der Waals surface area contributed by atoms with Crippen LogP contribution in [0.2, 0.25) is 0 Å².